The van der Waals surface area contributed by atoms with Gasteiger partial charge in [0.05, 0.1) is 8.67 Å². The summed E-state index contributed by atoms with van der Waals surface area (Å²) in [6, 6.07) is 8.12. The molecule has 0 N–H and O–H groups in total. The minimum Gasteiger partial charge on any atom is -0.207 e. The van der Waals surface area contributed by atoms with Crippen LogP contribution >= 0.6 is 45.9 Å². The lowest BCUT2D eigenvalue weighted by Gasteiger charge is -2.44. The van der Waals surface area contributed by atoms with Crippen LogP contribution in [0.5, 0.6) is 0 Å². The van der Waals surface area contributed by atoms with Crippen molar-refractivity contribution in [2.24, 2.45) is 0 Å². The van der Waals surface area contributed by atoms with Gasteiger partial charge < -0.3 is 0 Å². The van der Waals surface area contributed by atoms with Crippen LogP contribution in [0.2, 0.25) is 8.67 Å². The molecule has 308 valence electrons. The van der Waals surface area contributed by atoms with Gasteiger partial charge in [-0.15, -0.1) is 21.9 Å². The highest BCUT2D eigenvalue weighted by atomic mass is 127. The molecule has 0 amide bonds. The van der Waals surface area contributed by atoms with E-state index in [0.717, 1.165) is 8.67 Å². The van der Waals surface area contributed by atoms with Crippen LogP contribution in [0.25, 0.3) is 0 Å². The van der Waals surface area contributed by atoms with E-state index in [-0.39, 0.29) is 21.2 Å². The summed E-state index contributed by atoms with van der Waals surface area (Å²) in [6.07, 6.45) is -7.22. The summed E-state index contributed by atoms with van der Waals surface area (Å²) in [6.45, 7) is 0. The molecular formula is C32H4BCl2F20IS2. The van der Waals surface area contributed by atoms with E-state index in [4.69, 9.17) is 23.2 Å². The molecule has 0 bridgehead atoms. The molecule has 0 nitrogen and oxygen atoms in total. The Morgan fingerprint density at radius 2 is 0.466 bits per heavy atom. The Hall–Kier alpha value is -3.75. The van der Waals surface area contributed by atoms with Crippen LogP contribution < -0.4 is 43.1 Å². The van der Waals surface area contributed by atoms with Crippen LogP contribution in [0.4, 0.5) is 87.8 Å². The van der Waals surface area contributed by atoms with Gasteiger partial charge in [0.1, 0.15) is 52.7 Å². The van der Waals surface area contributed by atoms with Crippen LogP contribution in [0, 0.1) is 122 Å². The number of halogens is 23. The Kier molecular flexibility index (Phi) is 13.1. The zero-order chi connectivity index (χ0) is 43.6. The van der Waals surface area contributed by atoms with E-state index < -0.39 is 144 Å². The third-order valence-corrected chi connectivity index (χ3v) is 14.2. The second-order valence-corrected chi connectivity index (χ2v) is 18.7. The van der Waals surface area contributed by atoms with Crippen molar-refractivity contribution in [2.75, 3.05) is 0 Å². The first-order valence-electron chi connectivity index (χ1n) is 14.3. The monoisotopic (exact) mass is 1040 g/mol. The number of thiophene rings is 2. The summed E-state index contributed by atoms with van der Waals surface area (Å²) in [4.78, 5) is 0. The fourth-order valence-corrected chi connectivity index (χ4v) is 12.8. The van der Waals surface area contributed by atoms with Gasteiger partial charge in [0.2, 0.25) is 5.77 Å². The van der Waals surface area contributed by atoms with Crippen molar-refractivity contribution < 1.29 is 109 Å². The second kappa shape index (κ2) is 16.7. The zero-order valence-electron chi connectivity index (χ0n) is 26.4. The molecule has 26 heteroatoms. The average molecular weight is 1040 g/mol. The van der Waals surface area contributed by atoms with Crippen molar-refractivity contribution in [2.45, 2.75) is 0 Å². The van der Waals surface area contributed by atoms with E-state index >= 15 is 35.1 Å². The molecule has 0 spiro atoms. The van der Waals surface area contributed by atoms with Crippen molar-refractivity contribution in [1.29, 1.82) is 0 Å². The van der Waals surface area contributed by atoms with E-state index in [1.165, 1.54) is 5.77 Å². The van der Waals surface area contributed by atoms with Gasteiger partial charge in [-0.05, 0) is 12.1 Å². The standard InChI is InChI=1S/C24BF20.C8H4Cl2IS2/c26-5-1(6(27)14(35)21(42)13(5)34)25(2-7(28)15(36)22(43)16(37)8(2)29,3-9(30)17(38)23(44)18(39)10(3)31)4-11(32)19(40)24(45)20(41)12(4)33;9-5-1-3-7(12-5)11-8-4-2-6(10)13-8/h;1-4H/q-1;+1. The van der Waals surface area contributed by atoms with Crippen LogP contribution in [0.15, 0.2) is 24.3 Å². The summed E-state index contributed by atoms with van der Waals surface area (Å²) >= 11 is 15.0. The smallest absolute Gasteiger partial charge is 0.207 e. The Morgan fingerprint density at radius 1 is 0.293 bits per heavy atom. The molecule has 0 radical (unpaired) electrons. The van der Waals surface area contributed by atoms with Gasteiger partial charge in [-0.1, -0.05) is 45.9 Å². The first-order valence-corrected chi connectivity index (χ1v) is 18.9. The predicted octanol–water partition coefficient (Wildman–Crippen LogP) is 7.09. The highest BCUT2D eigenvalue weighted by molar-refractivity contribution is 7.20. The predicted molar refractivity (Wildman–Crippen MR) is 165 cm³/mol. The van der Waals surface area contributed by atoms with Crippen molar-refractivity contribution >= 4 is 73.9 Å². The SMILES string of the molecule is Clc1ccc([I+]c2ccc(Cl)s2)s1.Fc1c(F)c(F)c([B-](c2c(F)c(F)c(F)c(F)c2F)(c2c(F)c(F)c(F)c(F)c2F)c2c(F)c(F)c(F)c(F)c2F)c(F)c1F. The van der Waals surface area contributed by atoms with Crippen molar-refractivity contribution in [1.82, 2.24) is 0 Å². The molecule has 0 aliphatic carbocycles. The number of hydrogen-bond acceptors (Lipinski definition) is 2. The lowest BCUT2D eigenvalue weighted by atomic mass is 9.12. The molecule has 0 unspecified atom stereocenters. The third-order valence-electron chi connectivity index (χ3n) is 7.97. The van der Waals surface area contributed by atoms with E-state index in [9.17, 15) is 52.7 Å². The summed E-state index contributed by atoms with van der Waals surface area (Å²) < 4.78 is 298. The minimum atomic E-state index is -7.22. The molecule has 0 aliphatic rings. The van der Waals surface area contributed by atoms with Crippen LogP contribution in [0.3, 0.4) is 0 Å². The quantitative estimate of drug-likeness (QED) is 0.0551. The molecule has 58 heavy (non-hydrogen) atoms. The van der Waals surface area contributed by atoms with Crippen molar-refractivity contribution in [3.8, 4) is 0 Å². The number of benzene rings is 4. The van der Waals surface area contributed by atoms with Crippen LogP contribution in [0.1, 0.15) is 0 Å². The minimum absolute atomic E-state index is 0.0615. The van der Waals surface area contributed by atoms with Gasteiger partial charge in [0.25, 0.3) is 0 Å². The van der Waals surface area contributed by atoms with Crippen LogP contribution in [-0.4, -0.2) is 6.15 Å². The second-order valence-electron chi connectivity index (χ2n) is 11.0. The molecule has 2 aromatic heterocycles. The molecule has 2 heterocycles. The van der Waals surface area contributed by atoms with Crippen molar-refractivity contribution in [3.63, 3.8) is 0 Å². The molecule has 0 saturated carbocycles. The van der Waals surface area contributed by atoms with E-state index in [1.54, 1.807) is 22.7 Å². The average Bonchev–Trinajstić information content (AvgIpc) is 3.80. The third kappa shape index (κ3) is 7.18. The molecule has 0 fully saturated rings. The molecule has 0 atom stereocenters. The normalized spacial score (nSPS) is 11.7. The summed E-state index contributed by atoms with van der Waals surface area (Å²) in [5.74, 6) is -71.4. The lowest BCUT2D eigenvalue weighted by Crippen LogP contribution is -3.61. The first kappa shape index (κ1) is 45.3. The van der Waals surface area contributed by atoms with Crippen molar-refractivity contribution in [3.05, 3.63) is 155 Å². The highest BCUT2D eigenvalue weighted by Crippen LogP contribution is 2.31. The molecule has 0 aliphatic heterocycles. The zero-order valence-corrected chi connectivity index (χ0v) is 31.7. The van der Waals surface area contributed by atoms with Gasteiger partial charge in [-0.2, -0.15) is 0 Å². The summed E-state index contributed by atoms with van der Waals surface area (Å²) in [5, 5.41) is 0. The Labute approximate surface area is 336 Å². The topological polar surface area (TPSA) is 0 Å². The fraction of sp³-hybridized carbons (Fsp3) is 0. The molecule has 4 aromatic carbocycles. The summed E-state index contributed by atoms with van der Waals surface area (Å²) in [5.41, 5.74) is -14.3. The van der Waals surface area contributed by atoms with Gasteiger partial charge in [0, 0.05) is 12.1 Å². The van der Waals surface area contributed by atoms with E-state index in [0.29, 0.717) is 0 Å². The number of hydrogen-bond donors (Lipinski definition) is 0. The molecular weight excluding hydrogens is 1040 g/mol. The lowest BCUT2D eigenvalue weighted by molar-refractivity contribution is -0.585. The van der Waals surface area contributed by atoms with Gasteiger partial charge in [0.15, 0.2) is 69.8 Å². The largest absolute Gasteiger partial charge is 0.381 e. The van der Waals surface area contributed by atoms with Gasteiger partial charge in [-0.25, -0.2) is 87.8 Å². The Morgan fingerprint density at radius 3 is 0.621 bits per heavy atom. The fourth-order valence-electron chi connectivity index (χ4n) is 5.65. The molecule has 6 aromatic rings. The molecule has 6 rings (SSSR count). The van der Waals surface area contributed by atoms with Gasteiger partial charge >= 0.3 is 21.2 Å². The summed E-state index contributed by atoms with van der Waals surface area (Å²) in [7, 11) is 0. The first-order chi connectivity index (χ1) is 26.9. The van der Waals surface area contributed by atoms with E-state index in [1.807, 2.05) is 12.1 Å². The maximum Gasteiger partial charge on any atom is 0.381 e. The maximum absolute atomic E-state index is 15.4. The maximum atomic E-state index is 15.4. The Bertz CT molecular complexity index is 2230. The number of rotatable bonds is 6. The Balaban J connectivity index is 0.000000414. The molecule has 0 saturated heterocycles. The van der Waals surface area contributed by atoms with E-state index in [2.05, 4.69) is 12.1 Å². The van der Waals surface area contributed by atoms with Gasteiger partial charge in [-0.3, -0.25) is 0 Å². The van der Waals surface area contributed by atoms with Crippen LogP contribution in [-0.2, 0) is 0 Å². The highest BCUT2D eigenvalue weighted by Gasteiger charge is 2.52.